The Morgan fingerprint density at radius 1 is 1.60 bits per heavy atom. The average molecular weight is 280 g/mol. The topological polar surface area (TPSA) is 89.0 Å². The lowest BCUT2D eigenvalue weighted by atomic mass is 10.1. The predicted molar refractivity (Wildman–Crippen MR) is 69.8 cm³/mol. The molecule has 0 radical (unpaired) electrons. The summed E-state index contributed by atoms with van der Waals surface area (Å²) < 4.78 is 9.95. The van der Waals surface area contributed by atoms with Crippen molar-refractivity contribution in [3.8, 4) is 0 Å². The van der Waals surface area contributed by atoms with Gasteiger partial charge in [-0.3, -0.25) is 4.79 Å². The number of anilines is 1. The first-order valence-corrected chi connectivity index (χ1v) is 6.22. The minimum atomic E-state index is -0.882. The third kappa shape index (κ3) is 3.24. The van der Waals surface area contributed by atoms with E-state index in [1.807, 2.05) is 4.90 Å². The summed E-state index contributed by atoms with van der Waals surface area (Å²) in [7, 11) is 1.29. The number of hydrogen-bond acceptors (Lipinski definition) is 6. The van der Waals surface area contributed by atoms with Gasteiger partial charge in [0.2, 0.25) is 0 Å². The zero-order chi connectivity index (χ0) is 14.5. The highest BCUT2D eigenvalue weighted by Crippen LogP contribution is 2.22. The van der Waals surface area contributed by atoms with Crippen LogP contribution >= 0.6 is 0 Å². The van der Waals surface area contributed by atoms with Crippen LogP contribution in [0.4, 0.5) is 5.69 Å². The fraction of sp³-hybridized carbons (Fsp3) is 0.462. The van der Waals surface area contributed by atoms with Crippen LogP contribution in [0.15, 0.2) is 18.3 Å². The molecule has 0 aliphatic carbocycles. The van der Waals surface area contributed by atoms with Crippen LogP contribution in [-0.2, 0) is 14.3 Å². The molecule has 0 amide bonds. The number of ether oxygens (including phenoxy) is 2. The van der Waals surface area contributed by atoms with Crippen LogP contribution in [0.5, 0.6) is 0 Å². The molecular weight excluding hydrogens is 264 g/mol. The van der Waals surface area contributed by atoms with Gasteiger partial charge in [0.05, 0.1) is 32.8 Å². The highest BCUT2D eigenvalue weighted by atomic mass is 16.5. The van der Waals surface area contributed by atoms with Crippen LogP contribution in [0.3, 0.4) is 0 Å². The third-order valence-electron chi connectivity index (χ3n) is 3.11. The number of carbonyl (C=O) groups is 2. The molecule has 7 nitrogen and oxygen atoms in total. The first kappa shape index (κ1) is 14.3. The molecule has 2 heterocycles. The van der Waals surface area contributed by atoms with Crippen LogP contribution in [0, 0.1) is 0 Å². The summed E-state index contributed by atoms with van der Waals surface area (Å²) in [6.07, 6.45) is 1.49. The van der Waals surface area contributed by atoms with Gasteiger partial charge in [0, 0.05) is 18.4 Å². The lowest BCUT2D eigenvalue weighted by Gasteiger charge is -2.36. The van der Waals surface area contributed by atoms with Crippen molar-refractivity contribution in [1.29, 1.82) is 0 Å². The molecule has 1 aromatic rings. The molecular formula is C13H16N2O5. The second-order valence-electron chi connectivity index (χ2n) is 4.41. The summed E-state index contributed by atoms with van der Waals surface area (Å²) in [6, 6.07) is 3.09. The van der Waals surface area contributed by atoms with Gasteiger partial charge in [-0.25, -0.2) is 9.78 Å². The Hall–Kier alpha value is -2.15. The lowest BCUT2D eigenvalue weighted by molar-refractivity contribution is -0.138. The Balaban J connectivity index is 2.23. The van der Waals surface area contributed by atoms with Gasteiger partial charge in [0.15, 0.2) is 0 Å². The van der Waals surface area contributed by atoms with Crippen LogP contribution in [0.2, 0.25) is 0 Å². The van der Waals surface area contributed by atoms with Crippen LogP contribution in [0.1, 0.15) is 16.9 Å². The predicted octanol–water partition coefficient (Wildman–Crippen LogP) is 0.548. The Morgan fingerprint density at radius 3 is 3.10 bits per heavy atom. The van der Waals surface area contributed by atoms with E-state index in [9.17, 15) is 9.59 Å². The maximum atomic E-state index is 11.5. The molecule has 20 heavy (non-hydrogen) atoms. The third-order valence-corrected chi connectivity index (χ3v) is 3.11. The van der Waals surface area contributed by atoms with E-state index in [0.29, 0.717) is 19.8 Å². The fourth-order valence-corrected chi connectivity index (χ4v) is 2.18. The van der Waals surface area contributed by atoms with E-state index in [4.69, 9.17) is 9.84 Å². The van der Waals surface area contributed by atoms with Crippen LogP contribution < -0.4 is 4.90 Å². The summed E-state index contributed by atoms with van der Waals surface area (Å²) in [6.45, 7) is 1.44. The van der Waals surface area contributed by atoms with E-state index < -0.39 is 11.9 Å². The Morgan fingerprint density at radius 2 is 2.40 bits per heavy atom. The number of hydrogen-bond donors (Lipinski definition) is 1. The Kier molecular flexibility index (Phi) is 4.52. The van der Waals surface area contributed by atoms with E-state index in [2.05, 4.69) is 9.72 Å². The van der Waals surface area contributed by atoms with Crippen molar-refractivity contribution in [2.45, 2.75) is 12.5 Å². The van der Waals surface area contributed by atoms with Crippen molar-refractivity contribution >= 4 is 17.6 Å². The van der Waals surface area contributed by atoms with Crippen molar-refractivity contribution < 1.29 is 24.2 Å². The molecule has 0 saturated carbocycles. The first-order valence-electron chi connectivity index (χ1n) is 6.22. The quantitative estimate of drug-likeness (QED) is 0.805. The largest absolute Gasteiger partial charge is 0.481 e. The second kappa shape index (κ2) is 6.33. The molecule has 1 aliphatic rings. The molecule has 0 bridgehead atoms. The summed E-state index contributed by atoms with van der Waals surface area (Å²) >= 11 is 0. The number of carbonyl (C=O) groups excluding carboxylic acids is 1. The van der Waals surface area contributed by atoms with E-state index >= 15 is 0 Å². The molecule has 7 heteroatoms. The van der Waals surface area contributed by atoms with Gasteiger partial charge in [-0.15, -0.1) is 0 Å². The van der Waals surface area contributed by atoms with E-state index in [1.54, 1.807) is 12.1 Å². The van der Waals surface area contributed by atoms with Crippen molar-refractivity contribution in [3.63, 3.8) is 0 Å². The number of morpholine rings is 1. The van der Waals surface area contributed by atoms with Gasteiger partial charge in [-0.1, -0.05) is 0 Å². The van der Waals surface area contributed by atoms with Gasteiger partial charge in [-0.2, -0.15) is 0 Å². The van der Waals surface area contributed by atoms with Gasteiger partial charge in [0.25, 0.3) is 0 Å². The molecule has 1 atom stereocenters. The normalized spacial score (nSPS) is 18.6. The zero-order valence-electron chi connectivity index (χ0n) is 11.1. The Bertz CT molecular complexity index is 505. The maximum absolute atomic E-state index is 11.5. The average Bonchev–Trinajstić information content (AvgIpc) is 2.46. The summed E-state index contributed by atoms with van der Waals surface area (Å²) in [5, 5.41) is 8.94. The maximum Gasteiger partial charge on any atom is 0.356 e. The number of rotatable bonds is 4. The molecule has 1 aromatic heterocycles. The smallest absolute Gasteiger partial charge is 0.356 e. The molecule has 1 N–H and O–H groups in total. The van der Waals surface area contributed by atoms with Crippen molar-refractivity contribution in [3.05, 3.63) is 24.0 Å². The van der Waals surface area contributed by atoms with Gasteiger partial charge >= 0.3 is 11.9 Å². The highest BCUT2D eigenvalue weighted by molar-refractivity contribution is 5.88. The van der Waals surface area contributed by atoms with E-state index in [0.717, 1.165) is 5.69 Å². The van der Waals surface area contributed by atoms with Crippen LogP contribution in [0.25, 0.3) is 0 Å². The number of carboxylic acids is 1. The number of esters is 1. The number of pyridine rings is 1. The number of carboxylic acid groups (broad SMARTS) is 1. The van der Waals surface area contributed by atoms with Crippen molar-refractivity contribution in [1.82, 2.24) is 4.98 Å². The lowest BCUT2D eigenvalue weighted by Crippen LogP contribution is -2.46. The summed E-state index contributed by atoms with van der Waals surface area (Å²) in [5.74, 6) is -1.40. The second-order valence-corrected chi connectivity index (χ2v) is 4.41. The molecule has 1 unspecified atom stereocenters. The highest BCUT2D eigenvalue weighted by Gasteiger charge is 2.26. The van der Waals surface area contributed by atoms with Crippen molar-refractivity contribution in [2.24, 2.45) is 0 Å². The minimum Gasteiger partial charge on any atom is -0.481 e. The molecule has 1 saturated heterocycles. The minimum absolute atomic E-state index is 0.0180. The van der Waals surface area contributed by atoms with Gasteiger partial charge in [-0.05, 0) is 12.1 Å². The molecule has 0 aromatic carbocycles. The molecule has 1 aliphatic heterocycles. The first-order chi connectivity index (χ1) is 9.61. The number of nitrogens with zero attached hydrogens (tertiary/aromatic N) is 2. The standard InChI is InChI=1S/C13H16N2O5/c1-19-13(18)11-6-9(2-3-14-11)15-4-5-20-8-10(15)7-12(16)17/h2-3,6,10H,4-5,7-8H2,1H3,(H,16,17). The SMILES string of the molecule is COC(=O)c1cc(N2CCOCC2CC(=O)O)ccn1. The van der Waals surface area contributed by atoms with Gasteiger partial charge < -0.3 is 19.5 Å². The van der Waals surface area contributed by atoms with E-state index in [1.165, 1.54) is 13.3 Å². The van der Waals surface area contributed by atoms with Gasteiger partial charge in [0.1, 0.15) is 5.69 Å². The molecule has 0 spiro atoms. The summed E-state index contributed by atoms with van der Waals surface area (Å²) in [4.78, 5) is 28.2. The van der Waals surface area contributed by atoms with Crippen molar-refractivity contribution in [2.75, 3.05) is 31.8 Å². The van der Waals surface area contributed by atoms with E-state index in [-0.39, 0.29) is 18.2 Å². The summed E-state index contributed by atoms with van der Waals surface area (Å²) in [5.41, 5.74) is 0.945. The number of methoxy groups -OCH3 is 1. The molecule has 2 rings (SSSR count). The Labute approximate surface area is 116 Å². The van der Waals surface area contributed by atoms with Crippen LogP contribution in [-0.4, -0.2) is 54.9 Å². The zero-order valence-corrected chi connectivity index (χ0v) is 11.1. The molecule has 108 valence electrons. The number of aliphatic carboxylic acids is 1. The molecule has 1 fully saturated rings. The number of aromatic nitrogens is 1. The monoisotopic (exact) mass is 280 g/mol. The fourth-order valence-electron chi connectivity index (χ4n) is 2.18.